The minimum absolute atomic E-state index is 0.0553. The highest BCUT2D eigenvalue weighted by molar-refractivity contribution is 7.71. The maximum atomic E-state index is 10.7. The predicted molar refractivity (Wildman–Crippen MR) is 67.4 cm³/mol. The second-order valence-electron chi connectivity index (χ2n) is 3.68. The smallest absolute Gasteiger partial charge is 0.271 e. The highest BCUT2D eigenvalue weighted by atomic mass is 32.1. The molecule has 17 heavy (non-hydrogen) atoms. The number of rotatable bonds is 4. The first-order valence-electron chi connectivity index (χ1n) is 5.20. The summed E-state index contributed by atoms with van der Waals surface area (Å²) in [5.74, 6) is 0. The van der Waals surface area contributed by atoms with Crippen LogP contribution in [-0.2, 0) is 6.54 Å². The molecule has 0 amide bonds. The molecule has 2 aromatic rings. The van der Waals surface area contributed by atoms with Crippen LogP contribution in [0.5, 0.6) is 0 Å². The number of nitrogens with one attached hydrogen (secondary N) is 1. The lowest BCUT2D eigenvalue weighted by Crippen LogP contribution is -2.05. The average Bonchev–Trinajstić information content (AvgIpc) is 2.61. The summed E-state index contributed by atoms with van der Waals surface area (Å²) in [6.07, 6.45) is 0.818. The number of aromatic amines is 1. The number of nitrogens with two attached hydrogens (primary N) is 1. The number of non-ortho nitro benzene ring substituents is 1. The van der Waals surface area contributed by atoms with Gasteiger partial charge in [0, 0.05) is 18.7 Å². The van der Waals surface area contributed by atoms with Crippen molar-refractivity contribution in [1.82, 2.24) is 9.55 Å². The molecule has 0 fully saturated rings. The van der Waals surface area contributed by atoms with E-state index in [1.165, 1.54) is 12.1 Å². The second kappa shape index (κ2) is 4.64. The molecule has 7 heteroatoms. The Morgan fingerprint density at radius 1 is 1.53 bits per heavy atom. The molecular weight excluding hydrogens is 240 g/mol. The quantitative estimate of drug-likeness (QED) is 0.494. The first-order chi connectivity index (χ1) is 8.13. The van der Waals surface area contributed by atoms with Crippen molar-refractivity contribution < 1.29 is 4.92 Å². The van der Waals surface area contributed by atoms with Crippen molar-refractivity contribution in [2.24, 2.45) is 5.73 Å². The van der Waals surface area contributed by atoms with Gasteiger partial charge in [-0.3, -0.25) is 10.1 Å². The lowest BCUT2D eigenvalue weighted by atomic mass is 10.3. The van der Waals surface area contributed by atoms with E-state index in [2.05, 4.69) is 4.98 Å². The van der Waals surface area contributed by atoms with Crippen LogP contribution in [0.15, 0.2) is 18.2 Å². The van der Waals surface area contributed by atoms with Gasteiger partial charge in [-0.05, 0) is 31.2 Å². The Balaban J connectivity index is 2.52. The molecule has 2 rings (SSSR count). The molecule has 0 bridgehead atoms. The van der Waals surface area contributed by atoms with E-state index < -0.39 is 4.92 Å². The fourth-order valence-corrected chi connectivity index (χ4v) is 2.04. The van der Waals surface area contributed by atoms with Crippen molar-refractivity contribution in [1.29, 1.82) is 0 Å². The molecule has 1 heterocycles. The largest absolute Gasteiger partial charge is 0.330 e. The van der Waals surface area contributed by atoms with Gasteiger partial charge in [-0.2, -0.15) is 0 Å². The molecule has 0 unspecified atom stereocenters. The van der Waals surface area contributed by atoms with E-state index in [4.69, 9.17) is 18.0 Å². The highest BCUT2D eigenvalue weighted by Gasteiger charge is 2.10. The van der Waals surface area contributed by atoms with E-state index in [1.807, 2.05) is 4.57 Å². The van der Waals surface area contributed by atoms with Crippen molar-refractivity contribution in [3.63, 3.8) is 0 Å². The first-order valence-corrected chi connectivity index (χ1v) is 5.61. The molecule has 90 valence electrons. The van der Waals surface area contributed by atoms with Gasteiger partial charge >= 0.3 is 0 Å². The Hall–Kier alpha value is -1.73. The predicted octanol–water partition coefficient (Wildman–Crippen LogP) is 1.96. The number of hydrogen-bond donors (Lipinski definition) is 2. The molecule has 0 atom stereocenters. The van der Waals surface area contributed by atoms with Gasteiger partial charge in [0.25, 0.3) is 5.69 Å². The lowest BCUT2D eigenvalue weighted by Gasteiger charge is -2.02. The van der Waals surface area contributed by atoms with Crippen LogP contribution >= 0.6 is 12.2 Å². The maximum absolute atomic E-state index is 10.7. The Kier molecular flexibility index (Phi) is 3.21. The molecule has 0 spiro atoms. The van der Waals surface area contributed by atoms with E-state index in [-0.39, 0.29) is 5.69 Å². The summed E-state index contributed by atoms with van der Waals surface area (Å²) in [5, 5.41) is 10.7. The van der Waals surface area contributed by atoms with Gasteiger partial charge in [0.05, 0.1) is 16.0 Å². The van der Waals surface area contributed by atoms with E-state index in [1.54, 1.807) is 6.07 Å². The zero-order valence-electron chi connectivity index (χ0n) is 9.05. The van der Waals surface area contributed by atoms with Crippen LogP contribution in [0.4, 0.5) is 5.69 Å². The van der Waals surface area contributed by atoms with Crippen LogP contribution < -0.4 is 5.73 Å². The van der Waals surface area contributed by atoms with E-state index in [9.17, 15) is 10.1 Å². The molecule has 0 aliphatic heterocycles. The average molecular weight is 252 g/mol. The number of imidazole rings is 1. The number of aryl methyl sites for hydroxylation is 1. The molecule has 6 nitrogen and oxygen atoms in total. The third-order valence-electron chi connectivity index (χ3n) is 2.55. The summed E-state index contributed by atoms with van der Waals surface area (Å²) in [4.78, 5) is 13.2. The second-order valence-corrected chi connectivity index (χ2v) is 4.07. The van der Waals surface area contributed by atoms with E-state index in [0.29, 0.717) is 23.4 Å². The van der Waals surface area contributed by atoms with Gasteiger partial charge in [0.2, 0.25) is 0 Å². The minimum Gasteiger partial charge on any atom is -0.330 e. The van der Waals surface area contributed by atoms with Crippen LogP contribution in [0, 0.1) is 14.9 Å². The monoisotopic (exact) mass is 252 g/mol. The molecule has 1 aromatic carbocycles. The van der Waals surface area contributed by atoms with Gasteiger partial charge in [-0.15, -0.1) is 0 Å². The molecule has 1 aromatic heterocycles. The van der Waals surface area contributed by atoms with Gasteiger partial charge in [0.1, 0.15) is 0 Å². The minimum atomic E-state index is -0.423. The lowest BCUT2D eigenvalue weighted by molar-refractivity contribution is -0.384. The maximum Gasteiger partial charge on any atom is 0.271 e. The first kappa shape index (κ1) is 11.7. The van der Waals surface area contributed by atoms with Crippen LogP contribution in [0.2, 0.25) is 0 Å². The number of H-pyrrole nitrogens is 1. The van der Waals surface area contributed by atoms with Crippen molar-refractivity contribution >= 4 is 28.9 Å². The molecular formula is C10H12N4O2S. The normalized spacial score (nSPS) is 10.9. The molecule has 3 N–H and O–H groups in total. The van der Waals surface area contributed by atoms with Gasteiger partial charge < -0.3 is 15.3 Å². The van der Waals surface area contributed by atoms with Crippen LogP contribution in [0.3, 0.4) is 0 Å². The molecule has 0 saturated heterocycles. The Morgan fingerprint density at radius 3 is 2.94 bits per heavy atom. The summed E-state index contributed by atoms with van der Waals surface area (Å²) in [7, 11) is 0. The molecule has 0 aliphatic carbocycles. The zero-order chi connectivity index (χ0) is 12.4. The standard InChI is InChI=1S/C10H12N4O2S/c11-4-1-5-13-9-3-2-7(14(15)16)6-8(9)12-10(13)17/h2-3,6H,1,4-5,11H2,(H,12,17). The van der Waals surface area contributed by atoms with Crippen molar-refractivity contribution in [2.75, 3.05) is 6.54 Å². The topological polar surface area (TPSA) is 89.9 Å². The number of fused-ring (bicyclic) bond motifs is 1. The third kappa shape index (κ3) is 2.20. The van der Waals surface area contributed by atoms with Gasteiger partial charge in [0.15, 0.2) is 4.77 Å². The Morgan fingerprint density at radius 2 is 2.29 bits per heavy atom. The molecule has 0 radical (unpaired) electrons. The Labute approximate surface area is 102 Å². The van der Waals surface area contributed by atoms with Crippen molar-refractivity contribution in [2.45, 2.75) is 13.0 Å². The number of nitro benzene ring substituents is 1. The zero-order valence-corrected chi connectivity index (χ0v) is 9.87. The summed E-state index contributed by atoms with van der Waals surface area (Å²) < 4.78 is 2.47. The van der Waals surface area contributed by atoms with Crippen LogP contribution in [-0.4, -0.2) is 21.0 Å². The van der Waals surface area contributed by atoms with Crippen molar-refractivity contribution in [3.8, 4) is 0 Å². The number of nitrogens with zero attached hydrogens (tertiary/aromatic N) is 2. The SMILES string of the molecule is NCCCn1c(=S)[nH]c2cc([N+](=O)[O-])ccc21. The summed E-state index contributed by atoms with van der Waals surface area (Å²) in [6.45, 7) is 1.30. The summed E-state index contributed by atoms with van der Waals surface area (Å²) in [6, 6.07) is 4.67. The van der Waals surface area contributed by atoms with E-state index >= 15 is 0 Å². The fraction of sp³-hybridized carbons (Fsp3) is 0.300. The van der Waals surface area contributed by atoms with Crippen LogP contribution in [0.1, 0.15) is 6.42 Å². The van der Waals surface area contributed by atoms with E-state index in [0.717, 1.165) is 11.9 Å². The van der Waals surface area contributed by atoms with Gasteiger partial charge in [-0.25, -0.2) is 0 Å². The number of nitro groups is 1. The van der Waals surface area contributed by atoms with Crippen LogP contribution in [0.25, 0.3) is 11.0 Å². The number of aromatic nitrogens is 2. The number of benzene rings is 1. The Bertz CT molecular complexity index is 616. The fourth-order valence-electron chi connectivity index (χ4n) is 1.74. The number of hydrogen-bond acceptors (Lipinski definition) is 4. The highest BCUT2D eigenvalue weighted by Crippen LogP contribution is 2.20. The molecule has 0 aliphatic rings. The van der Waals surface area contributed by atoms with Crippen molar-refractivity contribution in [3.05, 3.63) is 33.1 Å². The third-order valence-corrected chi connectivity index (χ3v) is 2.88. The summed E-state index contributed by atoms with van der Waals surface area (Å²) in [5.41, 5.74) is 7.06. The summed E-state index contributed by atoms with van der Waals surface area (Å²) >= 11 is 5.17. The molecule has 0 saturated carbocycles. The van der Waals surface area contributed by atoms with Gasteiger partial charge in [-0.1, -0.05) is 0 Å².